The van der Waals surface area contributed by atoms with Gasteiger partial charge in [-0.15, -0.1) is 11.8 Å². The van der Waals surface area contributed by atoms with Gasteiger partial charge in [-0.2, -0.15) is 19.0 Å². The van der Waals surface area contributed by atoms with Crippen LogP contribution < -0.4 is 15.4 Å². The van der Waals surface area contributed by atoms with Gasteiger partial charge in [0.15, 0.2) is 5.65 Å². The van der Waals surface area contributed by atoms with Crippen LogP contribution in [0.1, 0.15) is 17.3 Å². The van der Waals surface area contributed by atoms with E-state index >= 15 is 0 Å². The van der Waals surface area contributed by atoms with Gasteiger partial charge in [-0.3, -0.25) is 9.89 Å². The van der Waals surface area contributed by atoms with Gasteiger partial charge in [-0.1, -0.05) is 0 Å². The molecular weight excluding hydrogens is 440 g/mol. The van der Waals surface area contributed by atoms with Crippen molar-refractivity contribution in [2.45, 2.75) is 24.5 Å². The van der Waals surface area contributed by atoms with Gasteiger partial charge in [0.05, 0.1) is 29.5 Å². The number of hydrogen-bond donors (Lipinski definition) is 3. The SMILES string of the molecule is C[C@H]1CSc2cc(-c3[nH]ncc3NC(=O)c3cnn4cccnc34)c(OC(F)F)cc2N1. The van der Waals surface area contributed by atoms with Gasteiger partial charge in [0.25, 0.3) is 5.91 Å². The average Bonchev–Trinajstić information content (AvgIpc) is 3.39. The molecule has 3 aromatic heterocycles. The molecule has 1 atom stereocenters. The van der Waals surface area contributed by atoms with Crippen LogP contribution in [0.2, 0.25) is 0 Å². The van der Waals surface area contributed by atoms with Crippen LogP contribution in [0.3, 0.4) is 0 Å². The largest absolute Gasteiger partial charge is 0.434 e. The van der Waals surface area contributed by atoms with E-state index in [1.807, 2.05) is 6.92 Å². The van der Waals surface area contributed by atoms with Gasteiger partial charge >= 0.3 is 6.61 Å². The third-order valence-corrected chi connectivity index (χ3v) is 6.18. The van der Waals surface area contributed by atoms with Crippen molar-refractivity contribution >= 4 is 34.7 Å². The summed E-state index contributed by atoms with van der Waals surface area (Å²) in [5, 5.41) is 16.9. The number of anilines is 2. The maximum Gasteiger partial charge on any atom is 0.387 e. The minimum absolute atomic E-state index is 0.0293. The van der Waals surface area contributed by atoms with Crippen molar-refractivity contribution < 1.29 is 18.3 Å². The monoisotopic (exact) mass is 457 g/mol. The first kappa shape index (κ1) is 20.2. The molecule has 5 rings (SSSR count). The number of aromatic nitrogens is 5. The summed E-state index contributed by atoms with van der Waals surface area (Å²) >= 11 is 1.61. The number of rotatable bonds is 5. The van der Waals surface area contributed by atoms with E-state index in [0.717, 1.165) is 16.3 Å². The first-order valence-corrected chi connectivity index (χ1v) is 10.6. The summed E-state index contributed by atoms with van der Waals surface area (Å²) in [6.07, 6.45) is 6.05. The van der Waals surface area contributed by atoms with E-state index in [0.29, 0.717) is 22.6 Å². The fourth-order valence-electron chi connectivity index (χ4n) is 3.47. The Hall–Kier alpha value is -3.67. The second-order valence-corrected chi connectivity index (χ2v) is 8.20. The fraction of sp³-hybridized carbons (Fsp3) is 0.200. The van der Waals surface area contributed by atoms with E-state index in [1.165, 1.54) is 16.9 Å². The highest BCUT2D eigenvalue weighted by molar-refractivity contribution is 7.99. The average molecular weight is 457 g/mol. The number of fused-ring (bicyclic) bond motifs is 2. The maximum atomic E-state index is 13.1. The molecule has 1 aromatic carbocycles. The number of ether oxygens (including phenoxy) is 1. The molecule has 12 heteroatoms. The second-order valence-electron chi connectivity index (χ2n) is 7.14. The Kier molecular flexibility index (Phi) is 5.13. The summed E-state index contributed by atoms with van der Waals surface area (Å²) in [5.74, 6) is 0.342. The maximum absolute atomic E-state index is 13.1. The highest BCUT2D eigenvalue weighted by atomic mass is 32.2. The molecule has 4 heterocycles. The lowest BCUT2D eigenvalue weighted by atomic mass is 10.1. The molecule has 0 saturated heterocycles. The van der Waals surface area contributed by atoms with E-state index in [9.17, 15) is 13.6 Å². The molecule has 164 valence electrons. The zero-order chi connectivity index (χ0) is 22.2. The smallest absolute Gasteiger partial charge is 0.387 e. The lowest BCUT2D eigenvalue weighted by molar-refractivity contribution is -0.0494. The number of alkyl halides is 2. The van der Waals surface area contributed by atoms with Crippen molar-refractivity contribution in [2.75, 3.05) is 16.4 Å². The number of amides is 1. The lowest BCUT2D eigenvalue weighted by Gasteiger charge is -2.25. The van der Waals surface area contributed by atoms with Crippen LogP contribution in [0.25, 0.3) is 16.9 Å². The number of benzene rings is 1. The summed E-state index contributed by atoms with van der Waals surface area (Å²) in [6, 6.07) is 5.18. The molecule has 0 saturated carbocycles. The number of halogens is 2. The molecule has 1 aliphatic rings. The third-order valence-electron chi connectivity index (χ3n) is 4.87. The summed E-state index contributed by atoms with van der Waals surface area (Å²) < 4.78 is 32.5. The predicted molar refractivity (Wildman–Crippen MR) is 115 cm³/mol. The molecular formula is C20H17F2N7O2S. The van der Waals surface area contributed by atoms with Gasteiger partial charge in [0, 0.05) is 40.7 Å². The van der Waals surface area contributed by atoms with Gasteiger partial charge in [-0.05, 0) is 19.1 Å². The Balaban J connectivity index is 1.52. The Morgan fingerprint density at radius 1 is 1.38 bits per heavy atom. The van der Waals surface area contributed by atoms with Crippen molar-refractivity contribution in [1.82, 2.24) is 24.8 Å². The molecule has 32 heavy (non-hydrogen) atoms. The zero-order valence-electron chi connectivity index (χ0n) is 16.7. The minimum Gasteiger partial charge on any atom is -0.434 e. The summed E-state index contributed by atoms with van der Waals surface area (Å²) in [5.41, 5.74) is 2.39. The standard InChI is InChI=1S/C20H17F2N7O2S/c1-10-9-32-16-5-11(15(31-20(21)22)6-13(16)26-10)17-14(8-24-28-17)27-19(30)12-7-25-29-4-2-3-23-18(12)29/h2-8,10,20,26H,9H2,1H3,(H,24,28)(H,27,30)/t10-/m0/s1. The normalized spacial score (nSPS) is 15.4. The van der Waals surface area contributed by atoms with E-state index in [4.69, 9.17) is 4.74 Å². The highest BCUT2D eigenvalue weighted by Crippen LogP contribution is 2.43. The number of aromatic amines is 1. The van der Waals surface area contributed by atoms with Gasteiger partial charge < -0.3 is 15.4 Å². The molecule has 1 amide bonds. The van der Waals surface area contributed by atoms with E-state index < -0.39 is 12.5 Å². The van der Waals surface area contributed by atoms with Crippen molar-refractivity contribution in [3.8, 4) is 17.0 Å². The summed E-state index contributed by atoms with van der Waals surface area (Å²) in [6.45, 7) is -0.999. The molecule has 1 aliphatic heterocycles. The fourth-order valence-corrected chi connectivity index (χ4v) is 4.45. The van der Waals surface area contributed by atoms with Crippen LogP contribution in [-0.2, 0) is 0 Å². The number of thioether (sulfide) groups is 1. The summed E-state index contributed by atoms with van der Waals surface area (Å²) in [4.78, 5) is 18.0. The summed E-state index contributed by atoms with van der Waals surface area (Å²) in [7, 11) is 0. The first-order chi connectivity index (χ1) is 15.5. The lowest BCUT2D eigenvalue weighted by Crippen LogP contribution is -2.22. The van der Waals surface area contributed by atoms with Crippen molar-refractivity contribution in [2.24, 2.45) is 0 Å². The zero-order valence-corrected chi connectivity index (χ0v) is 17.5. The molecule has 0 fully saturated rings. The van der Waals surface area contributed by atoms with Crippen LogP contribution in [0.4, 0.5) is 20.2 Å². The van der Waals surface area contributed by atoms with Crippen LogP contribution >= 0.6 is 11.8 Å². The first-order valence-electron chi connectivity index (χ1n) is 9.65. The van der Waals surface area contributed by atoms with Crippen molar-refractivity contribution in [1.29, 1.82) is 0 Å². The Morgan fingerprint density at radius 2 is 2.25 bits per heavy atom. The van der Waals surface area contributed by atoms with Crippen molar-refractivity contribution in [3.05, 3.63) is 48.5 Å². The minimum atomic E-state index is -3.01. The van der Waals surface area contributed by atoms with E-state index in [1.54, 1.807) is 42.4 Å². The number of H-pyrrole nitrogens is 1. The van der Waals surface area contributed by atoms with E-state index in [-0.39, 0.29) is 17.4 Å². The van der Waals surface area contributed by atoms with Crippen LogP contribution in [0.15, 0.2) is 47.9 Å². The predicted octanol–water partition coefficient (Wildman–Crippen LogP) is 3.88. The number of nitrogens with one attached hydrogen (secondary N) is 3. The van der Waals surface area contributed by atoms with Gasteiger partial charge in [0.2, 0.25) is 0 Å². The molecule has 0 spiro atoms. The molecule has 0 bridgehead atoms. The van der Waals surface area contributed by atoms with Crippen LogP contribution in [0, 0.1) is 0 Å². The Morgan fingerprint density at radius 3 is 3.09 bits per heavy atom. The number of carbonyl (C=O) groups is 1. The van der Waals surface area contributed by atoms with E-state index in [2.05, 4.69) is 30.9 Å². The Bertz CT molecular complexity index is 1310. The molecule has 0 radical (unpaired) electrons. The molecule has 0 aliphatic carbocycles. The van der Waals surface area contributed by atoms with Crippen LogP contribution in [-0.4, -0.2) is 49.1 Å². The van der Waals surface area contributed by atoms with Crippen molar-refractivity contribution in [3.63, 3.8) is 0 Å². The molecule has 3 N–H and O–H groups in total. The number of carbonyl (C=O) groups excluding carboxylic acids is 1. The highest BCUT2D eigenvalue weighted by Gasteiger charge is 2.24. The Labute approximate surface area is 184 Å². The molecule has 0 unspecified atom stereocenters. The van der Waals surface area contributed by atoms with Gasteiger partial charge in [-0.25, -0.2) is 9.50 Å². The molecule has 4 aromatic rings. The topological polar surface area (TPSA) is 109 Å². The molecule has 9 nitrogen and oxygen atoms in total. The second kappa shape index (κ2) is 8.11. The number of hydrogen-bond acceptors (Lipinski definition) is 7. The quantitative estimate of drug-likeness (QED) is 0.417. The third kappa shape index (κ3) is 3.73. The van der Waals surface area contributed by atoms with Gasteiger partial charge in [0.1, 0.15) is 11.3 Å². The number of nitrogens with zero attached hydrogens (tertiary/aromatic N) is 4. The van der Waals surface area contributed by atoms with Crippen LogP contribution in [0.5, 0.6) is 5.75 Å².